The topological polar surface area (TPSA) is 15.3 Å². The maximum Gasteiger partial charge on any atom is 0.0230 e. The average Bonchev–Trinajstić information content (AvgIpc) is 2.29. The van der Waals surface area contributed by atoms with Crippen molar-refractivity contribution in [3.8, 4) is 0 Å². The molecule has 0 radical (unpaired) electrons. The molecule has 2 nitrogen and oxygen atoms in total. The minimum Gasteiger partial charge on any atom is -0.319 e. The molecule has 0 heterocycles. The summed E-state index contributed by atoms with van der Waals surface area (Å²) in [7, 11) is 4.24. The van der Waals surface area contributed by atoms with Crippen LogP contribution in [0.2, 0.25) is 0 Å². The molecule has 1 aromatic carbocycles. The lowest BCUT2D eigenvalue weighted by Gasteiger charge is -2.26. The first-order valence-corrected chi connectivity index (χ1v) is 6.50. The Balaban J connectivity index is 2.44. The van der Waals surface area contributed by atoms with Crippen LogP contribution in [0.4, 0.5) is 0 Å². The molecule has 96 valence electrons. The molecule has 0 amide bonds. The van der Waals surface area contributed by atoms with Gasteiger partial charge in [-0.3, -0.25) is 0 Å². The number of nitrogens with one attached hydrogen (secondary N) is 1. The van der Waals surface area contributed by atoms with E-state index in [2.05, 4.69) is 61.4 Å². The van der Waals surface area contributed by atoms with Gasteiger partial charge in [0.15, 0.2) is 0 Å². The normalized spacial score (nSPS) is 13.3. The minimum atomic E-state index is 0.716. The molecule has 0 aliphatic heterocycles. The molecule has 2 heteroatoms. The molecule has 17 heavy (non-hydrogen) atoms. The lowest BCUT2D eigenvalue weighted by atomic mass is 9.95. The van der Waals surface area contributed by atoms with Crippen molar-refractivity contribution < 1.29 is 0 Å². The summed E-state index contributed by atoms with van der Waals surface area (Å²) in [5, 5.41) is 3.29. The fourth-order valence-electron chi connectivity index (χ4n) is 2.13. The van der Waals surface area contributed by atoms with Crippen molar-refractivity contribution in [1.29, 1.82) is 0 Å². The quantitative estimate of drug-likeness (QED) is 0.780. The molecular formula is C15H26N2. The van der Waals surface area contributed by atoms with Crippen LogP contribution in [0.15, 0.2) is 30.3 Å². The molecule has 0 saturated heterocycles. The second kappa shape index (κ2) is 7.46. The second-order valence-corrected chi connectivity index (χ2v) is 5.24. The summed E-state index contributed by atoms with van der Waals surface area (Å²) < 4.78 is 0. The summed E-state index contributed by atoms with van der Waals surface area (Å²) in [5.41, 5.74) is 1.39. The van der Waals surface area contributed by atoms with Gasteiger partial charge in [0.1, 0.15) is 0 Å². The van der Waals surface area contributed by atoms with Crippen molar-refractivity contribution in [2.75, 3.05) is 27.2 Å². The minimum absolute atomic E-state index is 0.716. The van der Waals surface area contributed by atoms with Crippen LogP contribution in [0.3, 0.4) is 0 Å². The fourth-order valence-corrected chi connectivity index (χ4v) is 2.13. The smallest absolute Gasteiger partial charge is 0.0230 e. The molecule has 0 aromatic heterocycles. The van der Waals surface area contributed by atoms with Crippen LogP contribution in [-0.4, -0.2) is 32.1 Å². The molecule has 0 bridgehead atoms. The molecule has 0 aliphatic rings. The van der Waals surface area contributed by atoms with E-state index >= 15 is 0 Å². The Morgan fingerprint density at radius 3 is 2.35 bits per heavy atom. The van der Waals surface area contributed by atoms with Crippen LogP contribution in [0.5, 0.6) is 0 Å². The van der Waals surface area contributed by atoms with Crippen LogP contribution in [0, 0.1) is 11.8 Å². The summed E-state index contributed by atoms with van der Waals surface area (Å²) in [6.07, 6.45) is 0. The van der Waals surface area contributed by atoms with Crippen molar-refractivity contribution >= 4 is 0 Å². The monoisotopic (exact) mass is 234 g/mol. The lowest BCUT2D eigenvalue weighted by molar-refractivity contribution is 0.227. The Morgan fingerprint density at radius 2 is 1.82 bits per heavy atom. The van der Waals surface area contributed by atoms with Gasteiger partial charge in [0.05, 0.1) is 0 Å². The van der Waals surface area contributed by atoms with Crippen molar-refractivity contribution in [3.63, 3.8) is 0 Å². The molecule has 1 unspecified atom stereocenters. The Morgan fingerprint density at radius 1 is 1.18 bits per heavy atom. The van der Waals surface area contributed by atoms with Crippen LogP contribution in [-0.2, 0) is 6.54 Å². The van der Waals surface area contributed by atoms with Gasteiger partial charge in [-0.15, -0.1) is 0 Å². The molecule has 0 saturated carbocycles. The van der Waals surface area contributed by atoms with E-state index in [4.69, 9.17) is 0 Å². The number of hydrogen-bond donors (Lipinski definition) is 1. The SMILES string of the molecule is CNCC(CN(C)Cc1ccccc1)C(C)C. The summed E-state index contributed by atoms with van der Waals surface area (Å²) in [5.74, 6) is 1.44. The van der Waals surface area contributed by atoms with Crippen molar-refractivity contribution in [3.05, 3.63) is 35.9 Å². The van der Waals surface area contributed by atoms with Crippen LogP contribution in [0.1, 0.15) is 19.4 Å². The van der Waals surface area contributed by atoms with Crippen LogP contribution < -0.4 is 5.32 Å². The first-order valence-electron chi connectivity index (χ1n) is 6.50. The van der Waals surface area contributed by atoms with Crippen LogP contribution >= 0.6 is 0 Å². The molecule has 1 atom stereocenters. The van der Waals surface area contributed by atoms with Gasteiger partial charge in [0.25, 0.3) is 0 Å². The third kappa shape index (κ3) is 5.33. The summed E-state index contributed by atoms with van der Waals surface area (Å²) in [6, 6.07) is 10.7. The van der Waals surface area contributed by atoms with Crippen molar-refractivity contribution in [1.82, 2.24) is 10.2 Å². The first-order chi connectivity index (χ1) is 8.13. The largest absolute Gasteiger partial charge is 0.319 e. The van der Waals surface area contributed by atoms with E-state index in [1.807, 2.05) is 7.05 Å². The lowest BCUT2D eigenvalue weighted by Crippen LogP contribution is -2.34. The number of hydrogen-bond acceptors (Lipinski definition) is 2. The highest BCUT2D eigenvalue weighted by molar-refractivity contribution is 5.14. The summed E-state index contributed by atoms with van der Waals surface area (Å²) in [6.45, 7) is 7.88. The van der Waals surface area contributed by atoms with E-state index in [1.54, 1.807) is 0 Å². The zero-order valence-corrected chi connectivity index (χ0v) is 11.6. The van der Waals surface area contributed by atoms with E-state index in [1.165, 1.54) is 5.56 Å². The Kier molecular flexibility index (Phi) is 6.23. The highest BCUT2D eigenvalue weighted by Gasteiger charge is 2.14. The molecule has 0 aliphatic carbocycles. The van der Waals surface area contributed by atoms with E-state index in [-0.39, 0.29) is 0 Å². The average molecular weight is 234 g/mol. The van der Waals surface area contributed by atoms with E-state index in [0.717, 1.165) is 25.6 Å². The third-order valence-corrected chi connectivity index (χ3v) is 3.25. The number of rotatable bonds is 7. The Hall–Kier alpha value is -0.860. The van der Waals surface area contributed by atoms with Gasteiger partial charge in [-0.1, -0.05) is 44.2 Å². The van der Waals surface area contributed by atoms with Gasteiger partial charge in [0, 0.05) is 13.1 Å². The second-order valence-electron chi connectivity index (χ2n) is 5.24. The highest BCUT2D eigenvalue weighted by Crippen LogP contribution is 2.12. The predicted octanol–water partition coefficient (Wildman–Crippen LogP) is 2.61. The van der Waals surface area contributed by atoms with Crippen LogP contribution in [0.25, 0.3) is 0 Å². The summed E-state index contributed by atoms with van der Waals surface area (Å²) >= 11 is 0. The van der Waals surface area contributed by atoms with Gasteiger partial charge in [-0.25, -0.2) is 0 Å². The van der Waals surface area contributed by atoms with Crippen molar-refractivity contribution in [2.24, 2.45) is 11.8 Å². The number of nitrogens with zero attached hydrogens (tertiary/aromatic N) is 1. The van der Waals surface area contributed by atoms with E-state index < -0.39 is 0 Å². The Bertz CT molecular complexity index is 295. The van der Waals surface area contributed by atoms with Gasteiger partial charge in [0.2, 0.25) is 0 Å². The zero-order valence-electron chi connectivity index (χ0n) is 11.6. The van der Waals surface area contributed by atoms with Gasteiger partial charge in [-0.2, -0.15) is 0 Å². The molecular weight excluding hydrogens is 208 g/mol. The molecule has 1 aromatic rings. The Labute approximate surface area is 106 Å². The molecule has 1 N–H and O–H groups in total. The standard InChI is InChI=1S/C15H26N2/c1-13(2)15(10-16-3)12-17(4)11-14-8-6-5-7-9-14/h5-9,13,15-16H,10-12H2,1-4H3. The zero-order chi connectivity index (χ0) is 12.7. The maximum atomic E-state index is 3.29. The van der Waals surface area contributed by atoms with Crippen molar-refractivity contribution in [2.45, 2.75) is 20.4 Å². The molecule has 0 fully saturated rings. The van der Waals surface area contributed by atoms with E-state index in [0.29, 0.717) is 5.92 Å². The highest BCUT2D eigenvalue weighted by atomic mass is 15.1. The summed E-state index contributed by atoms with van der Waals surface area (Å²) in [4.78, 5) is 2.41. The van der Waals surface area contributed by atoms with E-state index in [9.17, 15) is 0 Å². The van der Waals surface area contributed by atoms with Gasteiger partial charge in [-0.05, 0) is 38.0 Å². The fraction of sp³-hybridized carbons (Fsp3) is 0.600. The molecule has 1 rings (SSSR count). The maximum absolute atomic E-state index is 3.29. The number of benzene rings is 1. The molecule has 0 spiro atoms. The predicted molar refractivity (Wildman–Crippen MR) is 75.0 cm³/mol. The van der Waals surface area contributed by atoms with Gasteiger partial charge >= 0.3 is 0 Å². The third-order valence-electron chi connectivity index (χ3n) is 3.25. The first kappa shape index (κ1) is 14.2. The van der Waals surface area contributed by atoms with Gasteiger partial charge < -0.3 is 10.2 Å².